The normalized spacial score (nSPS) is 15.6. The van der Waals surface area contributed by atoms with Crippen LogP contribution in [0.4, 0.5) is 0 Å². The number of fused-ring (bicyclic) bond motifs is 1. The Hall–Kier alpha value is -0.830. The maximum absolute atomic E-state index is 9.20. The van der Waals surface area contributed by atoms with Gasteiger partial charge in [0.15, 0.2) is 0 Å². The SMILES string of the molecule is CCCc1nc(CO)c2n1CCCC2. The topological polar surface area (TPSA) is 38.1 Å². The van der Waals surface area contributed by atoms with Gasteiger partial charge in [0.1, 0.15) is 5.82 Å². The lowest BCUT2D eigenvalue weighted by atomic mass is 10.1. The summed E-state index contributed by atoms with van der Waals surface area (Å²) in [6.07, 6.45) is 5.75. The van der Waals surface area contributed by atoms with Gasteiger partial charge in [-0.05, 0) is 25.7 Å². The molecular weight excluding hydrogens is 176 g/mol. The van der Waals surface area contributed by atoms with E-state index in [1.165, 1.54) is 24.4 Å². The number of hydrogen-bond donors (Lipinski definition) is 1. The van der Waals surface area contributed by atoms with Crippen molar-refractivity contribution in [1.29, 1.82) is 0 Å². The Morgan fingerprint density at radius 2 is 2.29 bits per heavy atom. The van der Waals surface area contributed by atoms with Crippen LogP contribution in [-0.2, 0) is 26.0 Å². The number of aliphatic hydroxyl groups is 1. The summed E-state index contributed by atoms with van der Waals surface area (Å²) in [5, 5.41) is 9.20. The fourth-order valence-corrected chi connectivity index (χ4v) is 2.24. The molecule has 0 fully saturated rings. The maximum atomic E-state index is 9.20. The number of aliphatic hydroxyl groups excluding tert-OH is 1. The minimum atomic E-state index is 0.0963. The third-order valence-electron chi connectivity index (χ3n) is 2.90. The van der Waals surface area contributed by atoms with Crippen LogP contribution in [0.3, 0.4) is 0 Å². The summed E-state index contributed by atoms with van der Waals surface area (Å²) >= 11 is 0. The van der Waals surface area contributed by atoms with Crippen molar-refractivity contribution in [2.45, 2.75) is 52.2 Å². The molecule has 0 spiro atoms. The Labute approximate surface area is 84.8 Å². The lowest BCUT2D eigenvalue weighted by Crippen LogP contribution is -2.13. The van der Waals surface area contributed by atoms with Crippen molar-refractivity contribution in [3.63, 3.8) is 0 Å². The molecule has 0 unspecified atom stereocenters. The van der Waals surface area contributed by atoms with Gasteiger partial charge in [0, 0.05) is 18.7 Å². The second kappa shape index (κ2) is 4.13. The van der Waals surface area contributed by atoms with Crippen molar-refractivity contribution in [3.05, 3.63) is 17.2 Å². The molecule has 1 aliphatic rings. The Morgan fingerprint density at radius 3 is 3.00 bits per heavy atom. The van der Waals surface area contributed by atoms with Crippen LogP contribution in [0.2, 0.25) is 0 Å². The lowest BCUT2D eigenvalue weighted by Gasteiger charge is -2.16. The molecule has 0 aliphatic carbocycles. The van der Waals surface area contributed by atoms with E-state index in [9.17, 15) is 5.11 Å². The van der Waals surface area contributed by atoms with Gasteiger partial charge in [-0.3, -0.25) is 0 Å². The van der Waals surface area contributed by atoms with Crippen molar-refractivity contribution in [2.75, 3.05) is 0 Å². The number of aryl methyl sites for hydroxylation is 1. The fourth-order valence-electron chi connectivity index (χ4n) is 2.24. The van der Waals surface area contributed by atoms with Crippen LogP contribution in [0, 0.1) is 0 Å². The van der Waals surface area contributed by atoms with E-state index >= 15 is 0 Å². The van der Waals surface area contributed by atoms with E-state index in [0.717, 1.165) is 31.5 Å². The van der Waals surface area contributed by atoms with E-state index in [1.54, 1.807) is 0 Å². The first-order valence-electron chi connectivity index (χ1n) is 5.54. The molecule has 0 saturated heterocycles. The molecular formula is C11H18N2O. The van der Waals surface area contributed by atoms with E-state index in [2.05, 4.69) is 16.5 Å². The zero-order chi connectivity index (χ0) is 9.97. The Morgan fingerprint density at radius 1 is 1.43 bits per heavy atom. The third kappa shape index (κ3) is 1.57. The number of aromatic nitrogens is 2. The summed E-state index contributed by atoms with van der Waals surface area (Å²) in [7, 11) is 0. The average Bonchev–Trinajstić information content (AvgIpc) is 2.58. The summed E-state index contributed by atoms with van der Waals surface area (Å²) in [6, 6.07) is 0. The van der Waals surface area contributed by atoms with Crippen molar-refractivity contribution in [1.82, 2.24) is 9.55 Å². The predicted octanol–water partition coefficient (Wildman–Crippen LogP) is 1.66. The van der Waals surface area contributed by atoms with E-state index in [4.69, 9.17) is 0 Å². The molecule has 3 heteroatoms. The van der Waals surface area contributed by atoms with Crippen molar-refractivity contribution >= 4 is 0 Å². The van der Waals surface area contributed by atoms with Gasteiger partial charge >= 0.3 is 0 Å². The van der Waals surface area contributed by atoms with Crippen molar-refractivity contribution in [2.24, 2.45) is 0 Å². The first-order valence-corrected chi connectivity index (χ1v) is 5.54. The molecule has 0 radical (unpaired) electrons. The van der Waals surface area contributed by atoms with Crippen LogP contribution in [0.1, 0.15) is 43.4 Å². The molecule has 1 aromatic heterocycles. The molecule has 14 heavy (non-hydrogen) atoms. The Bertz CT molecular complexity index is 317. The third-order valence-corrected chi connectivity index (χ3v) is 2.90. The quantitative estimate of drug-likeness (QED) is 0.794. The van der Waals surface area contributed by atoms with E-state index < -0.39 is 0 Å². The van der Waals surface area contributed by atoms with Gasteiger partial charge in [0.25, 0.3) is 0 Å². The molecule has 2 rings (SSSR count). The van der Waals surface area contributed by atoms with Gasteiger partial charge in [-0.25, -0.2) is 4.98 Å². The zero-order valence-corrected chi connectivity index (χ0v) is 8.79. The van der Waals surface area contributed by atoms with Crippen LogP contribution in [-0.4, -0.2) is 14.7 Å². The van der Waals surface area contributed by atoms with E-state index in [-0.39, 0.29) is 6.61 Å². The summed E-state index contributed by atoms with van der Waals surface area (Å²) in [4.78, 5) is 4.51. The summed E-state index contributed by atoms with van der Waals surface area (Å²) in [6.45, 7) is 3.36. The monoisotopic (exact) mass is 194 g/mol. The van der Waals surface area contributed by atoms with Gasteiger partial charge < -0.3 is 9.67 Å². The number of imidazole rings is 1. The van der Waals surface area contributed by atoms with Crippen LogP contribution < -0.4 is 0 Å². The highest BCUT2D eigenvalue weighted by atomic mass is 16.3. The summed E-state index contributed by atoms with van der Waals surface area (Å²) in [5.74, 6) is 1.17. The Kier molecular flexibility index (Phi) is 2.87. The first-order chi connectivity index (χ1) is 6.86. The molecule has 1 N–H and O–H groups in total. The molecule has 0 aromatic carbocycles. The molecule has 2 heterocycles. The largest absolute Gasteiger partial charge is 0.390 e. The minimum absolute atomic E-state index is 0.0963. The second-order valence-electron chi connectivity index (χ2n) is 3.94. The molecule has 1 aliphatic heterocycles. The molecule has 0 bridgehead atoms. The maximum Gasteiger partial charge on any atom is 0.109 e. The van der Waals surface area contributed by atoms with Gasteiger partial charge in [-0.2, -0.15) is 0 Å². The van der Waals surface area contributed by atoms with Crippen molar-refractivity contribution < 1.29 is 5.11 Å². The fraction of sp³-hybridized carbons (Fsp3) is 0.727. The summed E-state index contributed by atoms with van der Waals surface area (Å²) < 4.78 is 2.32. The van der Waals surface area contributed by atoms with Crippen LogP contribution in [0.25, 0.3) is 0 Å². The molecule has 1 aromatic rings. The molecule has 0 amide bonds. The lowest BCUT2D eigenvalue weighted by molar-refractivity contribution is 0.275. The van der Waals surface area contributed by atoms with Gasteiger partial charge in [-0.1, -0.05) is 6.92 Å². The first kappa shape index (κ1) is 9.71. The van der Waals surface area contributed by atoms with Crippen LogP contribution >= 0.6 is 0 Å². The van der Waals surface area contributed by atoms with Crippen LogP contribution in [0.15, 0.2) is 0 Å². The minimum Gasteiger partial charge on any atom is -0.390 e. The smallest absolute Gasteiger partial charge is 0.109 e. The zero-order valence-electron chi connectivity index (χ0n) is 8.79. The van der Waals surface area contributed by atoms with Crippen molar-refractivity contribution in [3.8, 4) is 0 Å². The van der Waals surface area contributed by atoms with Gasteiger partial charge in [-0.15, -0.1) is 0 Å². The van der Waals surface area contributed by atoms with E-state index in [0.29, 0.717) is 0 Å². The molecule has 0 saturated carbocycles. The van der Waals surface area contributed by atoms with Gasteiger partial charge in [0.05, 0.1) is 12.3 Å². The number of nitrogens with zero attached hydrogens (tertiary/aromatic N) is 2. The second-order valence-corrected chi connectivity index (χ2v) is 3.94. The van der Waals surface area contributed by atoms with Crippen LogP contribution in [0.5, 0.6) is 0 Å². The predicted molar refractivity (Wildman–Crippen MR) is 55.1 cm³/mol. The molecule has 3 nitrogen and oxygen atoms in total. The van der Waals surface area contributed by atoms with E-state index in [1.807, 2.05) is 0 Å². The molecule has 0 atom stereocenters. The standard InChI is InChI=1S/C11H18N2O/c1-2-5-11-12-9(8-14)10-6-3-4-7-13(10)11/h14H,2-8H2,1H3. The number of hydrogen-bond acceptors (Lipinski definition) is 2. The Balaban J connectivity index is 2.36. The highest BCUT2D eigenvalue weighted by molar-refractivity contribution is 5.18. The molecule has 78 valence electrons. The average molecular weight is 194 g/mol. The number of rotatable bonds is 3. The van der Waals surface area contributed by atoms with Gasteiger partial charge in [0.2, 0.25) is 0 Å². The highest BCUT2D eigenvalue weighted by Gasteiger charge is 2.18. The summed E-state index contributed by atoms with van der Waals surface area (Å²) in [5.41, 5.74) is 2.19. The highest BCUT2D eigenvalue weighted by Crippen LogP contribution is 2.21.